The Morgan fingerprint density at radius 2 is 1.79 bits per heavy atom. The Kier molecular flexibility index (Phi) is 2.83. The van der Waals surface area contributed by atoms with E-state index in [-0.39, 0.29) is 11.7 Å². The van der Waals surface area contributed by atoms with Crippen LogP contribution in [0, 0.1) is 0 Å². The predicted molar refractivity (Wildman–Crippen MR) is 79.6 cm³/mol. The second-order valence-electron chi connectivity index (χ2n) is 5.12. The zero-order valence-corrected chi connectivity index (χ0v) is 11.2. The van der Waals surface area contributed by atoms with Gasteiger partial charge in [0.15, 0.2) is 5.78 Å². The maximum absolute atomic E-state index is 11.9. The number of allylic oxidation sites excluding steroid dienone is 4. The van der Waals surface area contributed by atoms with Crippen molar-refractivity contribution in [3.05, 3.63) is 71.3 Å². The van der Waals surface area contributed by atoms with E-state index in [0.29, 0.717) is 0 Å². The SMILES string of the molecule is CC(=O)c1cc2ccccc2cc1C1C=CC=C1C. The van der Waals surface area contributed by atoms with Gasteiger partial charge in [-0.05, 0) is 42.3 Å². The highest BCUT2D eigenvalue weighted by Crippen LogP contribution is 2.34. The molecule has 1 heteroatoms. The Morgan fingerprint density at radius 3 is 2.37 bits per heavy atom. The van der Waals surface area contributed by atoms with E-state index in [9.17, 15) is 4.79 Å². The number of Topliss-reactive ketones (excluding diaryl/α,β-unsaturated/α-hetero) is 1. The molecule has 1 unspecified atom stereocenters. The van der Waals surface area contributed by atoms with Crippen LogP contribution < -0.4 is 0 Å². The van der Waals surface area contributed by atoms with Crippen molar-refractivity contribution in [2.24, 2.45) is 0 Å². The van der Waals surface area contributed by atoms with Crippen LogP contribution in [-0.2, 0) is 0 Å². The number of carbonyl (C=O) groups is 1. The van der Waals surface area contributed by atoms with Crippen molar-refractivity contribution in [2.75, 3.05) is 0 Å². The second kappa shape index (κ2) is 4.51. The molecule has 19 heavy (non-hydrogen) atoms. The Balaban J connectivity index is 2.27. The lowest BCUT2D eigenvalue weighted by Crippen LogP contribution is -2.04. The summed E-state index contributed by atoms with van der Waals surface area (Å²) in [6, 6.07) is 12.4. The van der Waals surface area contributed by atoms with Crippen molar-refractivity contribution < 1.29 is 4.79 Å². The molecule has 0 amide bonds. The minimum Gasteiger partial charge on any atom is -0.295 e. The first-order chi connectivity index (χ1) is 9.16. The lowest BCUT2D eigenvalue weighted by atomic mass is 9.87. The summed E-state index contributed by atoms with van der Waals surface area (Å²) >= 11 is 0. The summed E-state index contributed by atoms with van der Waals surface area (Å²) in [6.45, 7) is 3.76. The minimum absolute atomic E-state index is 0.133. The third-order valence-electron chi connectivity index (χ3n) is 3.79. The van der Waals surface area contributed by atoms with E-state index in [0.717, 1.165) is 16.5 Å². The molecule has 0 spiro atoms. The van der Waals surface area contributed by atoms with E-state index < -0.39 is 0 Å². The topological polar surface area (TPSA) is 17.1 Å². The van der Waals surface area contributed by atoms with Gasteiger partial charge in [-0.3, -0.25) is 4.79 Å². The van der Waals surface area contributed by atoms with Crippen molar-refractivity contribution in [3.63, 3.8) is 0 Å². The molecule has 0 radical (unpaired) electrons. The summed E-state index contributed by atoms with van der Waals surface area (Å²) in [5.41, 5.74) is 3.24. The van der Waals surface area contributed by atoms with Gasteiger partial charge in [0.05, 0.1) is 0 Å². The summed E-state index contributed by atoms with van der Waals surface area (Å²) in [4.78, 5) is 11.9. The Morgan fingerprint density at radius 1 is 1.11 bits per heavy atom. The molecule has 1 atom stereocenters. The number of fused-ring (bicyclic) bond motifs is 1. The van der Waals surface area contributed by atoms with E-state index in [1.807, 2.05) is 18.2 Å². The van der Waals surface area contributed by atoms with E-state index in [1.54, 1.807) is 6.92 Å². The largest absolute Gasteiger partial charge is 0.295 e. The van der Waals surface area contributed by atoms with Crippen molar-refractivity contribution >= 4 is 16.6 Å². The van der Waals surface area contributed by atoms with Crippen LogP contribution in [0.25, 0.3) is 10.8 Å². The highest BCUT2D eigenvalue weighted by atomic mass is 16.1. The summed E-state index contributed by atoms with van der Waals surface area (Å²) in [5, 5.41) is 2.32. The molecule has 1 nitrogen and oxygen atoms in total. The molecular formula is C18H16O. The molecule has 0 saturated carbocycles. The molecule has 3 rings (SSSR count). The molecule has 0 aromatic heterocycles. The maximum atomic E-state index is 11.9. The predicted octanol–water partition coefficient (Wildman–Crippen LogP) is 4.64. The zero-order valence-electron chi connectivity index (χ0n) is 11.2. The van der Waals surface area contributed by atoms with Crippen molar-refractivity contribution in [1.82, 2.24) is 0 Å². The molecule has 94 valence electrons. The Labute approximate surface area is 113 Å². The van der Waals surface area contributed by atoms with Gasteiger partial charge in [-0.25, -0.2) is 0 Å². The van der Waals surface area contributed by atoms with Crippen molar-refractivity contribution in [2.45, 2.75) is 19.8 Å². The molecule has 0 saturated heterocycles. The summed E-state index contributed by atoms with van der Waals surface area (Å²) in [7, 11) is 0. The molecule has 1 aliphatic rings. The molecule has 2 aromatic carbocycles. The van der Waals surface area contributed by atoms with Crippen LogP contribution in [0.15, 0.2) is 60.2 Å². The Hall–Kier alpha value is -2.15. The normalized spacial score (nSPS) is 17.8. The van der Waals surface area contributed by atoms with Gasteiger partial charge < -0.3 is 0 Å². The lowest BCUT2D eigenvalue weighted by Gasteiger charge is -2.16. The third-order valence-corrected chi connectivity index (χ3v) is 3.79. The number of hydrogen-bond acceptors (Lipinski definition) is 1. The average molecular weight is 248 g/mol. The van der Waals surface area contributed by atoms with Crippen molar-refractivity contribution in [3.8, 4) is 0 Å². The van der Waals surface area contributed by atoms with Gasteiger partial charge in [0.1, 0.15) is 0 Å². The van der Waals surface area contributed by atoms with Crippen LogP contribution in [0.3, 0.4) is 0 Å². The standard InChI is InChI=1S/C18H16O/c1-12-6-5-9-16(12)18-11-15-8-4-3-7-14(15)10-17(18)13(2)19/h3-11,16H,1-2H3. The molecule has 0 heterocycles. The van der Waals surface area contributed by atoms with Gasteiger partial charge in [0.2, 0.25) is 0 Å². The highest BCUT2D eigenvalue weighted by molar-refractivity contribution is 6.00. The number of rotatable bonds is 2. The molecular weight excluding hydrogens is 232 g/mol. The minimum atomic E-state index is 0.133. The molecule has 0 aliphatic heterocycles. The third kappa shape index (κ3) is 2.01. The molecule has 0 bridgehead atoms. The molecule has 0 N–H and O–H groups in total. The summed E-state index contributed by atoms with van der Waals surface area (Å²) in [5.74, 6) is 0.373. The summed E-state index contributed by atoms with van der Waals surface area (Å²) < 4.78 is 0. The van der Waals surface area contributed by atoms with Crippen LogP contribution >= 0.6 is 0 Å². The van der Waals surface area contributed by atoms with E-state index in [4.69, 9.17) is 0 Å². The average Bonchev–Trinajstić information content (AvgIpc) is 2.83. The first-order valence-electron chi connectivity index (χ1n) is 6.55. The first kappa shape index (κ1) is 11.9. The van der Waals surface area contributed by atoms with Gasteiger partial charge >= 0.3 is 0 Å². The van der Waals surface area contributed by atoms with E-state index in [1.165, 1.54) is 11.0 Å². The van der Waals surface area contributed by atoms with Crippen LogP contribution in [0.2, 0.25) is 0 Å². The van der Waals surface area contributed by atoms with Crippen molar-refractivity contribution in [1.29, 1.82) is 0 Å². The molecule has 2 aromatic rings. The fourth-order valence-corrected chi connectivity index (χ4v) is 2.74. The van der Waals surface area contributed by atoms with Crippen LogP contribution in [0.1, 0.15) is 35.7 Å². The maximum Gasteiger partial charge on any atom is 0.160 e. The first-order valence-corrected chi connectivity index (χ1v) is 6.55. The summed E-state index contributed by atoms with van der Waals surface area (Å²) in [6.07, 6.45) is 6.34. The fourth-order valence-electron chi connectivity index (χ4n) is 2.74. The van der Waals surface area contributed by atoms with Gasteiger partial charge in [-0.1, -0.05) is 48.1 Å². The smallest absolute Gasteiger partial charge is 0.160 e. The van der Waals surface area contributed by atoms with E-state index >= 15 is 0 Å². The number of hydrogen-bond donors (Lipinski definition) is 0. The molecule has 0 fully saturated rings. The number of ketones is 1. The van der Waals surface area contributed by atoms with Crippen LogP contribution in [-0.4, -0.2) is 5.78 Å². The lowest BCUT2D eigenvalue weighted by molar-refractivity contribution is 0.101. The van der Waals surface area contributed by atoms with Gasteiger partial charge in [-0.2, -0.15) is 0 Å². The number of carbonyl (C=O) groups excluding carboxylic acids is 1. The second-order valence-corrected chi connectivity index (χ2v) is 5.12. The highest BCUT2D eigenvalue weighted by Gasteiger charge is 2.19. The van der Waals surface area contributed by atoms with Gasteiger partial charge in [0.25, 0.3) is 0 Å². The zero-order chi connectivity index (χ0) is 13.4. The van der Waals surface area contributed by atoms with Gasteiger partial charge in [-0.15, -0.1) is 0 Å². The Bertz CT molecular complexity index is 720. The number of benzene rings is 2. The van der Waals surface area contributed by atoms with Crippen LogP contribution in [0.5, 0.6) is 0 Å². The monoisotopic (exact) mass is 248 g/mol. The van der Waals surface area contributed by atoms with E-state index in [2.05, 4.69) is 43.4 Å². The quantitative estimate of drug-likeness (QED) is 0.707. The van der Waals surface area contributed by atoms with Crippen LogP contribution in [0.4, 0.5) is 0 Å². The van der Waals surface area contributed by atoms with Gasteiger partial charge in [0, 0.05) is 11.5 Å². The fraction of sp³-hybridized carbons (Fsp3) is 0.167. The molecule has 1 aliphatic carbocycles.